The number of benzene rings is 4. The third kappa shape index (κ3) is 4.85. The number of hydrogen-bond donors (Lipinski definition) is 1. The maximum Gasteiger partial charge on any atom is 0.227 e. The minimum absolute atomic E-state index is 0.0656. The molecular formula is C34H31N3O. The monoisotopic (exact) mass is 497 g/mol. The lowest BCUT2D eigenvalue weighted by atomic mass is 9.87. The average molecular weight is 498 g/mol. The molecule has 2 heterocycles. The van der Waals surface area contributed by atoms with E-state index < -0.39 is 0 Å². The Labute approximate surface area is 223 Å². The highest BCUT2D eigenvalue weighted by molar-refractivity contribution is 5.77. The molecule has 5 aromatic rings. The number of nitrogens with zero attached hydrogens (tertiary/aromatic N) is 2. The van der Waals surface area contributed by atoms with Crippen LogP contribution in [0.1, 0.15) is 43.5 Å². The number of allylic oxidation sites excluding steroid dienone is 1. The van der Waals surface area contributed by atoms with Crippen molar-refractivity contribution in [3.63, 3.8) is 0 Å². The Morgan fingerprint density at radius 2 is 1.53 bits per heavy atom. The van der Waals surface area contributed by atoms with Crippen LogP contribution in [0.2, 0.25) is 0 Å². The second kappa shape index (κ2) is 9.71. The van der Waals surface area contributed by atoms with Crippen molar-refractivity contribution >= 4 is 22.9 Å². The molecular weight excluding hydrogens is 466 g/mol. The van der Waals surface area contributed by atoms with Gasteiger partial charge in [0.05, 0.1) is 17.4 Å². The van der Waals surface area contributed by atoms with Gasteiger partial charge in [0.1, 0.15) is 5.52 Å². The van der Waals surface area contributed by atoms with Crippen molar-refractivity contribution < 1.29 is 4.42 Å². The normalized spacial score (nSPS) is 15.7. The molecule has 1 aromatic heterocycles. The summed E-state index contributed by atoms with van der Waals surface area (Å²) in [6.07, 6.45) is 6.52. The lowest BCUT2D eigenvalue weighted by Gasteiger charge is -2.27. The Bertz CT molecular complexity index is 1610. The molecule has 188 valence electrons. The van der Waals surface area contributed by atoms with Crippen LogP contribution in [0.3, 0.4) is 0 Å². The van der Waals surface area contributed by atoms with E-state index in [-0.39, 0.29) is 11.5 Å². The number of fused-ring (bicyclic) bond motifs is 1. The van der Waals surface area contributed by atoms with Gasteiger partial charge in [-0.1, -0.05) is 93.6 Å². The van der Waals surface area contributed by atoms with Crippen molar-refractivity contribution in [3.05, 3.63) is 138 Å². The highest BCUT2D eigenvalue weighted by Crippen LogP contribution is 2.34. The van der Waals surface area contributed by atoms with Crippen molar-refractivity contribution in [2.24, 2.45) is 0 Å². The number of nitrogens with one attached hydrogen (secondary N) is 1. The maximum atomic E-state index is 6.11. The zero-order valence-corrected chi connectivity index (χ0v) is 21.9. The molecule has 4 heteroatoms. The molecule has 0 fully saturated rings. The van der Waals surface area contributed by atoms with E-state index in [1.54, 1.807) is 0 Å². The first-order valence-electron chi connectivity index (χ1n) is 13.0. The van der Waals surface area contributed by atoms with Crippen LogP contribution >= 0.6 is 0 Å². The molecule has 0 saturated carbocycles. The van der Waals surface area contributed by atoms with E-state index in [0.29, 0.717) is 5.89 Å². The summed E-state index contributed by atoms with van der Waals surface area (Å²) in [6.45, 7) is 6.63. The van der Waals surface area contributed by atoms with Crippen LogP contribution in [0.4, 0.5) is 5.69 Å². The Morgan fingerprint density at radius 1 is 0.816 bits per heavy atom. The van der Waals surface area contributed by atoms with Crippen molar-refractivity contribution in [2.45, 2.75) is 32.2 Å². The van der Waals surface area contributed by atoms with E-state index in [9.17, 15) is 0 Å². The molecule has 4 nitrogen and oxygen atoms in total. The lowest BCUT2D eigenvalue weighted by Crippen LogP contribution is -2.34. The molecule has 1 aliphatic rings. The van der Waals surface area contributed by atoms with Crippen molar-refractivity contribution in [1.82, 2.24) is 10.4 Å². The summed E-state index contributed by atoms with van der Waals surface area (Å²) < 4.78 is 6.11. The van der Waals surface area contributed by atoms with Gasteiger partial charge >= 0.3 is 0 Å². The van der Waals surface area contributed by atoms with E-state index in [2.05, 4.69) is 140 Å². The number of aromatic nitrogens is 1. The SMILES string of the molecule is CC(C)(C)c1ccc2oc(-c3ccc(N4NC(C=Cc5ccccc5)=CC4c4ccccc4)cc3)nc2c1. The predicted molar refractivity (Wildman–Crippen MR) is 157 cm³/mol. The summed E-state index contributed by atoms with van der Waals surface area (Å²) in [5, 5.41) is 2.20. The standard InChI is InChI=1S/C34H31N3O/c1-34(2,3)27-17-21-32-30(22-27)35-33(38-32)26-15-19-29(20-16-26)37-31(25-12-8-5-9-13-25)23-28(36-37)18-14-24-10-6-4-7-11-24/h4-23,31,36H,1-3H3. The summed E-state index contributed by atoms with van der Waals surface area (Å²) in [6, 6.07) is 35.6. The van der Waals surface area contributed by atoms with Gasteiger partial charge in [-0.3, -0.25) is 10.4 Å². The molecule has 0 spiro atoms. The minimum Gasteiger partial charge on any atom is -0.436 e. The zero-order chi connectivity index (χ0) is 26.1. The first-order valence-corrected chi connectivity index (χ1v) is 13.0. The smallest absolute Gasteiger partial charge is 0.227 e. The first kappa shape index (κ1) is 23.8. The van der Waals surface area contributed by atoms with E-state index in [1.807, 2.05) is 12.1 Å². The Kier molecular flexibility index (Phi) is 6.09. The number of rotatable bonds is 5. The molecule has 0 amide bonds. The Balaban J connectivity index is 1.28. The summed E-state index contributed by atoms with van der Waals surface area (Å²) >= 11 is 0. The van der Waals surface area contributed by atoms with Crippen LogP contribution in [-0.4, -0.2) is 4.98 Å². The fourth-order valence-electron chi connectivity index (χ4n) is 4.74. The molecule has 0 aliphatic carbocycles. The van der Waals surface area contributed by atoms with Gasteiger partial charge in [-0.2, -0.15) is 0 Å². The number of hydrazine groups is 1. The van der Waals surface area contributed by atoms with Gasteiger partial charge in [0, 0.05) is 5.56 Å². The highest BCUT2D eigenvalue weighted by atomic mass is 16.3. The van der Waals surface area contributed by atoms with Crippen LogP contribution in [0, 0.1) is 0 Å². The molecule has 0 saturated heterocycles. The summed E-state index contributed by atoms with van der Waals surface area (Å²) in [5.41, 5.74) is 12.1. The molecule has 38 heavy (non-hydrogen) atoms. The van der Waals surface area contributed by atoms with Gasteiger partial charge in [0.2, 0.25) is 5.89 Å². The van der Waals surface area contributed by atoms with Crippen LogP contribution in [0.15, 0.2) is 125 Å². The summed E-state index contributed by atoms with van der Waals surface area (Å²) in [4.78, 5) is 4.80. The van der Waals surface area contributed by atoms with E-state index in [0.717, 1.165) is 28.0 Å². The fraction of sp³-hybridized carbons (Fsp3) is 0.147. The minimum atomic E-state index is 0.0656. The van der Waals surface area contributed by atoms with Crippen LogP contribution in [0.25, 0.3) is 28.6 Å². The third-order valence-electron chi connectivity index (χ3n) is 6.91. The molecule has 1 unspecified atom stereocenters. The Hall–Kier alpha value is -4.57. The molecule has 1 atom stereocenters. The molecule has 4 aromatic carbocycles. The van der Waals surface area contributed by atoms with Gasteiger partial charge < -0.3 is 4.42 Å². The molecule has 0 bridgehead atoms. The number of anilines is 1. The topological polar surface area (TPSA) is 41.3 Å². The largest absolute Gasteiger partial charge is 0.436 e. The Morgan fingerprint density at radius 3 is 2.24 bits per heavy atom. The van der Waals surface area contributed by atoms with Gasteiger partial charge in [-0.15, -0.1) is 0 Å². The molecule has 0 radical (unpaired) electrons. The third-order valence-corrected chi connectivity index (χ3v) is 6.91. The first-order chi connectivity index (χ1) is 18.4. The zero-order valence-electron chi connectivity index (χ0n) is 21.9. The quantitative estimate of drug-likeness (QED) is 0.264. The van der Waals surface area contributed by atoms with Crippen LogP contribution in [0.5, 0.6) is 0 Å². The molecule has 1 aliphatic heterocycles. The predicted octanol–water partition coefficient (Wildman–Crippen LogP) is 8.46. The van der Waals surface area contributed by atoms with Crippen LogP contribution < -0.4 is 10.4 Å². The van der Waals surface area contributed by atoms with E-state index >= 15 is 0 Å². The van der Waals surface area contributed by atoms with Gasteiger partial charge in [-0.05, 0) is 70.7 Å². The van der Waals surface area contributed by atoms with Gasteiger partial charge in [-0.25, -0.2) is 4.98 Å². The van der Waals surface area contributed by atoms with Crippen molar-refractivity contribution in [2.75, 3.05) is 5.01 Å². The molecule has 1 N–H and O–H groups in total. The van der Waals surface area contributed by atoms with E-state index in [1.165, 1.54) is 16.7 Å². The van der Waals surface area contributed by atoms with Crippen LogP contribution in [-0.2, 0) is 5.41 Å². The second-order valence-electron chi connectivity index (χ2n) is 10.7. The summed E-state index contributed by atoms with van der Waals surface area (Å²) in [5.74, 6) is 0.635. The lowest BCUT2D eigenvalue weighted by molar-refractivity contribution is 0.590. The fourth-order valence-corrected chi connectivity index (χ4v) is 4.74. The molecule has 6 rings (SSSR count). The average Bonchev–Trinajstić information content (AvgIpc) is 3.57. The number of oxazole rings is 1. The highest BCUT2D eigenvalue weighted by Gasteiger charge is 2.25. The van der Waals surface area contributed by atoms with Crippen molar-refractivity contribution in [1.29, 1.82) is 0 Å². The van der Waals surface area contributed by atoms with E-state index in [4.69, 9.17) is 9.40 Å². The van der Waals surface area contributed by atoms with Crippen molar-refractivity contribution in [3.8, 4) is 11.5 Å². The van der Waals surface area contributed by atoms with Gasteiger partial charge in [0.25, 0.3) is 0 Å². The summed E-state index contributed by atoms with van der Waals surface area (Å²) in [7, 11) is 0. The van der Waals surface area contributed by atoms with Gasteiger partial charge in [0.15, 0.2) is 5.58 Å². The maximum absolute atomic E-state index is 6.11. The number of hydrogen-bond acceptors (Lipinski definition) is 4. The second-order valence-corrected chi connectivity index (χ2v) is 10.7.